The Balaban J connectivity index is 0.00000220. The summed E-state index contributed by atoms with van der Waals surface area (Å²) in [6.45, 7) is 7.94. The first-order valence-electron chi connectivity index (χ1n) is 7.22. The van der Waals surface area contributed by atoms with Crippen LogP contribution in [-0.4, -0.2) is 53.1 Å². The maximum Gasteiger partial charge on any atom is 0.222 e. The number of halogens is 2. The molecule has 1 aromatic heterocycles. The van der Waals surface area contributed by atoms with Crippen LogP contribution in [-0.2, 0) is 11.3 Å². The van der Waals surface area contributed by atoms with Gasteiger partial charge in [-0.05, 0) is 20.3 Å². The monoisotopic (exact) mass is 352 g/mol. The van der Waals surface area contributed by atoms with Crippen LogP contribution in [0, 0.1) is 6.92 Å². The summed E-state index contributed by atoms with van der Waals surface area (Å²) >= 11 is 0. The molecule has 2 rings (SSSR count). The van der Waals surface area contributed by atoms with E-state index in [0.717, 1.165) is 50.6 Å². The van der Waals surface area contributed by atoms with Gasteiger partial charge in [-0.2, -0.15) is 0 Å². The smallest absolute Gasteiger partial charge is 0.222 e. The molecule has 0 saturated carbocycles. The van der Waals surface area contributed by atoms with Gasteiger partial charge in [0.15, 0.2) is 5.76 Å². The Morgan fingerprint density at radius 2 is 2.00 bits per heavy atom. The maximum atomic E-state index is 12.0. The normalized spacial score (nSPS) is 16.6. The molecule has 1 fully saturated rings. The molecule has 0 spiro atoms. The van der Waals surface area contributed by atoms with Gasteiger partial charge in [-0.3, -0.25) is 9.69 Å². The number of rotatable bonds is 5. The first-order valence-corrected chi connectivity index (χ1v) is 7.22. The van der Waals surface area contributed by atoms with E-state index < -0.39 is 0 Å². The van der Waals surface area contributed by atoms with Gasteiger partial charge in [0.05, 0.1) is 12.2 Å². The third-order valence-electron chi connectivity index (χ3n) is 3.59. The summed E-state index contributed by atoms with van der Waals surface area (Å²) in [4.78, 5) is 16.2. The molecule has 22 heavy (non-hydrogen) atoms. The first-order chi connectivity index (χ1) is 9.54. The van der Waals surface area contributed by atoms with E-state index in [1.54, 1.807) is 0 Å². The lowest BCUT2D eigenvalue weighted by molar-refractivity contribution is -0.133. The molecule has 2 N–H and O–H groups in total. The lowest BCUT2D eigenvalue weighted by atomic mass is 10.1. The summed E-state index contributed by atoms with van der Waals surface area (Å²) in [6.07, 6.45) is 1.31. The highest BCUT2D eigenvalue weighted by Crippen LogP contribution is 2.11. The molecular weight excluding hydrogens is 327 g/mol. The van der Waals surface area contributed by atoms with Crippen molar-refractivity contribution in [1.29, 1.82) is 0 Å². The molecule has 8 heteroatoms. The fourth-order valence-electron chi connectivity index (χ4n) is 2.38. The van der Waals surface area contributed by atoms with E-state index in [2.05, 4.69) is 10.1 Å². The molecular formula is C14H26Cl2N4O2. The van der Waals surface area contributed by atoms with Crippen molar-refractivity contribution in [1.82, 2.24) is 15.0 Å². The molecule has 1 amide bonds. The van der Waals surface area contributed by atoms with E-state index in [-0.39, 0.29) is 36.8 Å². The second kappa shape index (κ2) is 10.0. The van der Waals surface area contributed by atoms with Crippen LogP contribution in [0.1, 0.15) is 31.2 Å². The van der Waals surface area contributed by atoms with Crippen LogP contribution in [0.3, 0.4) is 0 Å². The first kappa shape index (κ1) is 21.2. The summed E-state index contributed by atoms with van der Waals surface area (Å²) in [5, 5.41) is 3.89. The summed E-state index contributed by atoms with van der Waals surface area (Å²) in [6, 6.07) is 2.05. The van der Waals surface area contributed by atoms with Crippen molar-refractivity contribution in [3.05, 3.63) is 17.5 Å². The maximum absolute atomic E-state index is 12.0. The van der Waals surface area contributed by atoms with Crippen LogP contribution in [0.25, 0.3) is 0 Å². The Morgan fingerprint density at radius 1 is 1.36 bits per heavy atom. The van der Waals surface area contributed by atoms with Crippen LogP contribution in [0.4, 0.5) is 0 Å². The summed E-state index contributed by atoms with van der Waals surface area (Å²) in [7, 11) is 0. The van der Waals surface area contributed by atoms with E-state index in [1.165, 1.54) is 0 Å². The third kappa shape index (κ3) is 6.52. The Bertz CT molecular complexity index is 446. The van der Waals surface area contributed by atoms with Crippen molar-refractivity contribution < 1.29 is 9.32 Å². The minimum Gasteiger partial charge on any atom is -0.360 e. The van der Waals surface area contributed by atoms with Crippen LogP contribution in [0.2, 0.25) is 0 Å². The average molecular weight is 353 g/mol. The molecule has 128 valence electrons. The fraction of sp³-hybridized carbons (Fsp3) is 0.714. The molecule has 0 aliphatic carbocycles. The Hall–Kier alpha value is -0.820. The summed E-state index contributed by atoms with van der Waals surface area (Å²) in [5.41, 5.74) is 6.59. The number of carbonyl (C=O) groups excluding carboxylic acids is 1. The van der Waals surface area contributed by atoms with Gasteiger partial charge in [-0.25, -0.2) is 0 Å². The Kier molecular flexibility index (Phi) is 9.67. The lowest BCUT2D eigenvalue weighted by Crippen LogP contribution is -2.48. The van der Waals surface area contributed by atoms with E-state index in [9.17, 15) is 4.79 Å². The summed E-state index contributed by atoms with van der Waals surface area (Å²) in [5.74, 6) is 1.11. The highest BCUT2D eigenvalue weighted by Gasteiger charge is 2.21. The lowest BCUT2D eigenvalue weighted by Gasteiger charge is -2.34. The standard InChI is InChI=1S/C14H24N4O2.2ClH/c1-11(15)3-4-14(19)18-7-5-17(6-8-18)10-13-9-12(2)16-20-13;;/h9,11H,3-8,10,15H2,1-2H3;2*1H. The van der Waals surface area contributed by atoms with Gasteiger partial charge in [0.25, 0.3) is 0 Å². The van der Waals surface area contributed by atoms with E-state index in [0.29, 0.717) is 6.42 Å². The second-order valence-corrected chi connectivity index (χ2v) is 5.61. The largest absolute Gasteiger partial charge is 0.360 e. The van der Waals surface area contributed by atoms with Crippen molar-refractivity contribution >= 4 is 30.7 Å². The molecule has 1 aromatic rings. The summed E-state index contributed by atoms with van der Waals surface area (Å²) < 4.78 is 5.22. The van der Waals surface area contributed by atoms with Gasteiger partial charge in [0, 0.05) is 44.7 Å². The number of hydrogen-bond acceptors (Lipinski definition) is 5. The van der Waals surface area contributed by atoms with Gasteiger partial charge in [-0.1, -0.05) is 5.16 Å². The van der Waals surface area contributed by atoms with Gasteiger partial charge in [0.2, 0.25) is 5.91 Å². The van der Waals surface area contributed by atoms with Crippen molar-refractivity contribution in [3.8, 4) is 0 Å². The highest BCUT2D eigenvalue weighted by molar-refractivity contribution is 5.85. The van der Waals surface area contributed by atoms with Crippen LogP contribution >= 0.6 is 24.8 Å². The SMILES string of the molecule is Cc1cc(CN2CCN(C(=O)CCC(C)N)CC2)on1.Cl.Cl. The van der Waals surface area contributed by atoms with Gasteiger partial charge < -0.3 is 15.2 Å². The number of aromatic nitrogens is 1. The molecule has 6 nitrogen and oxygen atoms in total. The fourth-order valence-corrected chi connectivity index (χ4v) is 2.38. The van der Waals surface area contributed by atoms with Crippen molar-refractivity contribution in [2.45, 2.75) is 39.3 Å². The molecule has 1 unspecified atom stereocenters. The van der Waals surface area contributed by atoms with Crippen LogP contribution in [0.5, 0.6) is 0 Å². The number of aryl methyl sites for hydroxylation is 1. The molecule has 0 bridgehead atoms. The van der Waals surface area contributed by atoms with E-state index in [1.807, 2.05) is 24.8 Å². The zero-order valence-electron chi connectivity index (χ0n) is 13.2. The average Bonchev–Trinajstić information content (AvgIpc) is 2.82. The zero-order valence-corrected chi connectivity index (χ0v) is 14.8. The van der Waals surface area contributed by atoms with E-state index in [4.69, 9.17) is 10.3 Å². The van der Waals surface area contributed by atoms with Crippen molar-refractivity contribution in [2.24, 2.45) is 5.73 Å². The number of piperazine rings is 1. The zero-order chi connectivity index (χ0) is 14.5. The second-order valence-electron chi connectivity index (χ2n) is 5.61. The van der Waals surface area contributed by atoms with Crippen LogP contribution < -0.4 is 5.73 Å². The quantitative estimate of drug-likeness (QED) is 0.870. The Labute approximate surface area is 144 Å². The predicted molar refractivity (Wildman–Crippen MR) is 90.5 cm³/mol. The van der Waals surface area contributed by atoms with E-state index >= 15 is 0 Å². The van der Waals surface area contributed by atoms with Gasteiger partial charge in [0.1, 0.15) is 0 Å². The van der Waals surface area contributed by atoms with Gasteiger partial charge in [-0.15, -0.1) is 24.8 Å². The molecule has 1 atom stereocenters. The third-order valence-corrected chi connectivity index (χ3v) is 3.59. The molecule has 1 aliphatic rings. The number of carbonyl (C=O) groups is 1. The number of nitrogens with zero attached hydrogens (tertiary/aromatic N) is 3. The molecule has 2 heterocycles. The minimum atomic E-state index is 0. The number of nitrogens with two attached hydrogens (primary N) is 1. The molecule has 0 radical (unpaired) electrons. The predicted octanol–water partition coefficient (Wildman–Crippen LogP) is 1.60. The van der Waals surface area contributed by atoms with Crippen molar-refractivity contribution in [3.63, 3.8) is 0 Å². The number of hydrogen-bond donors (Lipinski definition) is 1. The van der Waals surface area contributed by atoms with Crippen molar-refractivity contribution in [2.75, 3.05) is 26.2 Å². The minimum absolute atomic E-state index is 0. The molecule has 1 saturated heterocycles. The molecule has 0 aromatic carbocycles. The number of amides is 1. The topological polar surface area (TPSA) is 75.6 Å². The Morgan fingerprint density at radius 3 is 2.50 bits per heavy atom. The molecule has 1 aliphatic heterocycles. The highest BCUT2D eigenvalue weighted by atomic mass is 35.5. The van der Waals surface area contributed by atoms with Crippen LogP contribution in [0.15, 0.2) is 10.6 Å². The van der Waals surface area contributed by atoms with Gasteiger partial charge >= 0.3 is 0 Å².